The van der Waals surface area contributed by atoms with Crippen LogP contribution in [0.4, 0.5) is 0 Å². The molecule has 0 unspecified atom stereocenters. The highest BCUT2D eigenvalue weighted by Crippen LogP contribution is 2.35. The molecule has 0 spiro atoms. The van der Waals surface area contributed by atoms with Crippen LogP contribution >= 0.6 is 23.4 Å². The summed E-state index contributed by atoms with van der Waals surface area (Å²) in [6, 6.07) is 7.27. The predicted molar refractivity (Wildman–Crippen MR) is 83.3 cm³/mol. The second kappa shape index (κ2) is 6.27. The minimum Gasteiger partial charge on any atom is -0.467 e. The third kappa shape index (κ3) is 3.08. The number of aromatic nitrogens is 2. The average Bonchev–Trinajstić information content (AvgIpc) is 3.23. The van der Waals surface area contributed by atoms with E-state index >= 15 is 0 Å². The monoisotopic (exact) mass is 350 g/mol. The van der Waals surface area contributed by atoms with E-state index < -0.39 is 0 Å². The first-order valence-corrected chi connectivity index (χ1v) is 8.18. The van der Waals surface area contributed by atoms with Crippen LogP contribution in [0.5, 0.6) is 5.75 Å². The minimum absolute atomic E-state index is 0.246. The van der Waals surface area contributed by atoms with Crippen LogP contribution in [0.3, 0.4) is 0 Å². The first kappa shape index (κ1) is 14.6. The normalized spacial score (nSPS) is 13.6. The van der Waals surface area contributed by atoms with E-state index in [2.05, 4.69) is 10.2 Å². The van der Waals surface area contributed by atoms with Gasteiger partial charge in [0.15, 0.2) is 12.6 Å². The summed E-state index contributed by atoms with van der Waals surface area (Å²) < 4.78 is 21.7. The maximum absolute atomic E-state index is 6.15. The number of nitrogens with zero attached hydrogens (tertiary/aromatic N) is 2. The molecule has 1 aliphatic heterocycles. The van der Waals surface area contributed by atoms with Crippen LogP contribution in [-0.4, -0.2) is 17.0 Å². The van der Waals surface area contributed by atoms with Gasteiger partial charge in [0, 0.05) is 21.9 Å². The fourth-order valence-corrected chi connectivity index (χ4v) is 3.26. The molecule has 23 heavy (non-hydrogen) atoms. The van der Waals surface area contributed by atoms with Crippen molar-refractivity contribution in [3.63, 3.8) is 0 Å². The Hall–Kier alpha value is -1.96. The third-order valence-electron chi connectivity index (χ3n) is 3.24. The van der Waals surface area contributed by atoms with E-state index in [1.807, 2.05) is 12.1 Å². The maximum Gasteiger partial charge on any atom is 0.284 e. The van der Waals surface area contributed by atoms with Crippen molar-refractivity contribution >= 4 is 23.4 Å². The lowest BCUT2D eigenvalue weighted by Crippen LogP contribution is -2.12. The standard InChI is InChI=1S/C15H11ClN2O4S/c16-11-4-9-6-19-8-21-13(9)10(5-11)7-23-15-18-17-14(22-15)12-2-1-3-20-12/h1-5H,6-8H2. The minimum atomic E-state index is 0.246. The largest absolute Gasteiger partial charge is 0.467 e. The number of thioether (sulfide) groups is 1. The number of benzene rings is 1. The molecule has 8 heteroatoms. The maximum atomic E-state index is 6.15. The number of hydrogen-bond donors (Lipinski definition) is 0. The predicted octanol–water partition coefficient (Wildman–Crippen LogP) is 4.14. The molecule has 0 bridgehead atoms. The molecular formula is C15H11ClN2O4S. The first-order valence-electron chi connectivity index (χ1n) is 6.81. The Kier molecular flexibility index (Phi) is 3.99. The fourth-order valence-electron chi connectivity index (χ4n) is 2.27. The molecule has 3 aromatic rings. The summed E-state index contributed by atoms with van der Waals surface area (Å²) >= 11 is 7.56. The molecule has 4 rings (SSSR count). The van der Waals surface area contributed by atoms with Gasteiger partial charge in [-0.1, -0.05) is 23.4 Å². The van der Waals surface area contributed by atoms with Crippen LogP contribution in [0.15, 0.2) is 44.6 Å². The van der Waals surface area contributed by atoms with Gasteiger partial charge in [-0.3, -0.25) is 0 Å². The molecule has 0 saturated carbocycles. The smallest absolute Gasteiger partial charge is 0.284 e. The van der Waals surface area contributed by atoms with Gasteiger partial charge in [-0.25, -0.2) is 0 Å². The van der Waals surface area contributed by atoms with Crippen LogP contribution in [0.25, 0.3) is 11.7 Å². The molecular weight excluding hydrogens is 340 g/mol. The van der Waals surface area contributed by atoms with Crippen LogP contribution in [0.1, 0.15) is 11.1 Å². The SMILES string of the molecule is Clc1cc2c(c(CSc3nnc(-c4ccco4)o3)c1)OCOC2. The van der Waals surface area contributed by atoms with Crippen molar-refractivity contribution < 1.29 is 18.3 Å². The highest BCUT2D eigenvalue weighted by Gasteiger charge is 2.18. The fraction of sp³-hybridized carbons (Fsp3) is 0.200. The van der Waals surface area contributed by atoms with E-state index in [1.54, 1.807) is 18.4 Å². The molecule has 1 aromatic carbocycles. The van der Waals surface area contributed by atoms with Crippen LogP contribution < -0.4 is 4.74 Å². The van der Waals surface area contributed by atoms with Crippen LogP contribution in [0.2, 0.25) is 5.02 Å². The van der Waals surface area contributed by atoms with Gasteiger partial charge < -0.3 is 18.3 Å². The molecule has 0 atom stereocenters. The zero-order chi connectivity index (χ0) is 15.6. The summed E-state index contributed by atoms with van der Waals surface area (Å²) in [4.78, 5) is 0. The van der Waals surface area contributed by atoms with Crippen molar-refractivity contribution in [3.05, 3.63) is 46.7 Å². The van der Waals surface area contributed by atoms with Gasteiger partial charge in [-0.15, -0.1) is 10.2 Å². The molecule has 2 aromatic heterocycles. The Bertz CT molecular complexity index is 819. The van der Waals surface area contributed by atoms with Gasteiger partial charge in [-0.05, 0) is 24.3 Å². The topological polar surface area (TPSA) is 70.5 Å². The van der Waals surface area contributed by atoms with Crippen molar-refractivity contribution in [2.45, 2.75) is 17.6 Å². The van der Waals surface area contributed by atoms with Gasteiger partial charge in [0.25, 0.3) is 11.1 Å². The molecule has 3 heterocycles. The molecule has 0 N–H and O–H groups in total. The number of furan rings is 1. The summed E-state index contributed by atoms with van der Waals surface area (Å²) in [5, 5.41) is 9.08. The van der Waals surface area contributed by atoms with Crippen molar-refractivity contribution in [2.75, 3.05) is 6.79 Å². The van der Waals surface area contributed by atoms with Gasteiger partial charge in [0.05, 0.1) is 12.9 Å². The number of fused-ring (bicyclic) bond motifs is 1. The van der Waals surface area contributed by atoms with E-state index in [0.717, 1.165) is 16.9 Å². The summed E-state index contributed by atoms with van der Waals surface area (Å²) in [6.07, 6.45) is 1.56. The lowest BCUT2D eigenvalue weighted by Gasteiger charge is -2.20. The zero-order valence-corrected chi connectivity index (χ0v) is 13.4. The number of hydrogen-bond acceptors (Lipinski definition) is 7. The summed E-state index contributed by atoms with van der Waals surface area (Å²) in [5.74, 6) is 2.32. The summed E-state index contributed by atoms with van der Waals surface area (Å²) in [7, 11) is 0. The summed E-state index contributed by atoms with van der Waals surface area (Å²) in [5.41, 5.74) is 1.92. The van der Waals surface area contributed by atoms with Gasteiger partial charge in [0.2, 0.25) is 0 Å². The van der Waals surface area contributed by atoms with Crippen molar-refractivity contribution in [3.8, 4) is 17.4 Å². The molecule has 0 fully saturated rings. The van der Waals surface area contributed by atoms with Gasteiger partial charge in [-0.2, -0.15) is 0 Å². The molecule has 0 saturated heterocycles. The van der Waals surface area contributed by atoms with E-state index in [9.17, 15) is 0 Å². The van der Waals surface area contributed by atoms with Crippen LogP contribution in [-0.2, 0) is 17.1 Å². The quantitative estimate of drug-likeness (QED) is 0.655. The molecule has 0 aliphatic carbocycles. The van der Waals surface area contributed by atoms with E-state index in [1.165, 1.54) is 11.8 Å². The zero-order valence-electron chi connectivity index (χ0n) is 11.8. The number of halogens is 1. The van der Waals surface area contributed by atoms with E-state index in [4.69, 9.17) is 29.9 Å². The Morgan fingerprint density at radius 2 is 2.22 bits per heavy atom. The molecule has 0 amide bonds. The second-order valence-corrected chi connectivity index (χ2v) is 6.17. The average molecular weight is 351 g/mol. The highest BCUT2D eigenvalue weighted by atomic mass is 35.5. The molecule has 0 radical (unpaired) electrons. The third-order valence-corrected chi connectivity index (χ3v) is 4.33. The van der Waals surface area contributed by atoms with Crippen LogP contribution in [0, 0.1) is 0 Å². The van der Waals surface area contributed by atoms with Gasteiger partial charge in [0.1, 0.15) is 5.75 Å². The molecule has 6 nitrogen and oxygen atoms in total. The number of rotatable bonds is 4. The summed E-state index contributed by atoms with van der Waals surface area (Å²) in [6.45, 7) is 0.742. The van der Waals surface area contributed by atoms with E-state index in [0.29, 0.717) is 34.3 Å². The van der Waals surface area contributed by atoms with Crippen molar-refractivity contribution in [1.82, 2.24) is 10.2 Å². The Labute approximate surface area is 140 Å². The van der Waals surface area contributed by atoms with Crippen molar-refractivity contribution in [1.29, 1.82) is 0 Å². The Morgan fingerprint density at radius 1 is 1.26 bits per heavy atom. The Balaban J connectivity index is 1.52. The van der Waals surface area contributed by atoms with Gasteiger partial charge >= 0.3 is 0 Å². The molecule has 118 valence electrons. The van der Waals surface area contributed by atoms with Crippen molar-refractivity contribution in [2.24, 2.45) is 0 Å². The lowest BCUT2D eigenvalue weighted by molar-refractivity contribution is -0.0168. The Morgan fingerprint density at radius 3 is 3.09 bits per heavy atom. The van der Waals surface area contributed by atoms with E-state index in [-0.39, 0.29) is 6.79 Å². The molecule has 1 aliphatic rings. The number of ether oxygens (including phenoxy) is 2. The highest BCUT2D eigenvalue weighted by molar-refractivity contribution is 7.98. The second-order valence-electron chi connectivity index (χ2n) is 4.80. The lowest BCUT2D eigenvalue weighted by atomic mass is 10.1. The first-order chi connectivity index (χ1) is 11.3.